The van der Waals surface area contributed by atoms with E-state index in [1.807, 2.05) is 208 Å². The van der Waals surface area contributed by atoms with Crippen molar-refractivity contribution in [2.75, 3.05) is 0 Å². The van der Waals surface area contributed by atoms with Gasteiger partial charge in [0.1, 0.15) is 0 Å². The van der Waals surface area contributed by atoms with Crippen LogP contribution >= 0.6 is 0 Å². The van der Waals surface area contributed by atoms with E-state index in [9.17, 15) is 0 Å². The number of aromatic nitrogens is 3. The lowest BCUT2D eigenvalue weighted by Crippen LogP contribution is -2.08. The zero-order valence-corrected chi connectivity index (χ0v) is 86.2. The molecule has 9 aliphatic rings. The lowest BCUT2D eigenvalue weighted by Gasteiger charge is -2.21. The third-order valence-electron chi connectivity index (χ3n) is 25.4. The molecule has 132 heavy (non-hydrogen) atoms. The normalized spacial score (nSPS) is 11.6. The van der Waals surface area contributed by atoms with Crippen molar-refractivity contribution in [2.45, 2.75) is 265 Å². The summed E-state index contributed by atoms with van der Waals surface area (Å²) in [6, 6.07) is 103. The van der Waals surface area contributed by atoms with E-state index in [0.29, 0.717) is 0 Å². The van der Waals surface area contributed by atoms with Gasteiger partial charge in [0.2, 0.25) is 0 Å². The first-order valence-electron chi connectivity index (χ1n) is 51.8. The Morgan fingerprint density at radius 1 is 0.129 bits per heavy atom. The Morgan fingerprint density at radius 3 is 0.712 bits per heavy atom. The van der Waals surface area contributed by atoms with Gasteiger partial charge in [0.05, 0.1) is 33.1 Å². The van der Waals surface area contributed by atoms with Crippen LogP contribution in [0.4, 0.5) is 0 Å². The summed E-state index contributed by atoms with van der Waals surface area (Å²) in [5.74, 6) is 0. The molecule has 3 heteroatoms. The van der Waals surface area contributed by atoms with E-state index in [1.165, 1.54) is 238 Å². The fourth-order valence-electron chi connectivity index (χ4n) is 21.1. The van der Waals surface area contributed by atoms with E-state index in [2.05, 4.69) is 287 Å². The Balaban J connectivity index is 0.000000180. The van der Waals surface area contributed by atoms with Gasteiger partial charge in [-0.2, -0.15) is 0 Å². The molecule has 0 N–H and O–H groups in total. The van der Waals surface area contributed by atoms with Gasteiger partial charge in [-0.3, -0.25) is 0 Å². The van der Waals surface area contributed by atoms with Crippen LogP contribution in [-0.4, -0.2) is 13.7 Å². The van der Waals surface area contributed by atoms with Crippen molar-refractivity contribution in [1.82, 2.24) is 13.7 Å². The standard InChI is InChI=1S/3C33H21N.15C2H6/c1-3-9-24-19(6-1)14-22-16-29-23(17-28(22)24)18-30-25(29)12-13-27-26-10-5-8-21-15-20-7-2-4-11-31(20)34(32(21)26)33(27)30;1-3-9-24-19(6-1)14-22-16-23-17-30-25(29(23)18-28(22)24)12-13-27-26-10-5-8-21-15-20-7-2-4-11-31(20)34(32(21)26)33(27)30;1-3-9-22-19(6-1)17-28-23(22)12-13-24-25-14-15-27-26-10-5-8-21-16-20-7-2-4-11-31(20)34(32(21)26)33(27)30(25)18-29(24)28;15*1-2/h1-13,16-17H,14-15,18H2;1-13,16,18H,14-15,17H2;1-15H,16-18H2;15*1-2H3. The summed E-state index contributed by atoms with van der Waals surface area (Å²) in [5.41, 5.74) is 56.0. The van der Waals surface area contributed by atoms with Crippen molar-refractivity contribution in [3.05, 3.63) is 373 Å². The largest absolute Gasteiger partial charge is 0.308 e. The molecule has 6 aliphatic carbocycles. The van der Waals surface area contributed by atoms with E-state index in [1.54, 1.807) is 11.1 Å². The molecule has 0 spiro atoms. The average molecular weight is 1750 g/mol. The van der Waals surface area contributed by atoms with Crippen LogP contribution in [0, 0.1) is 0 Å². The molecule has 0 bridgehead atoms. The van der Waals surface area contributed by atoms with Gasteiger partial charge in [-0.15, -0.1) is 0 Å². The summed E-state index contributed by atoms with van der Waals surface area (Å²) >= 11 is 0. The first kappa shape index (κ1) is 102. The average Bonchev–Trinajstić information content (AvgIpc) is 1.53. The lowest BCUT2D eigenvalue weighted by molar-refractivity contribution is 1.04. The van der Waals surface area contributed by atoms with Crippen LogP contribution in [0.15, 0.2) is 273 Å². The number of fused-ring (bicyclic) bond motifs is 37. The maximum absolute atomic E-state index is 2.58. The minimum atomic E-state index is 1.01. The van der Waals surface area contributed by atoms with Crippen LogP contribution in [0.2, 0.25) is 0 Å². The van der Waals surface area contributed by atoms with Crippen molar-refractivity contribution in [3.8, 4) is 83.8 Å². The van der Waals surface area contributed by atoms with Crippen molar-refractivity contribution in [3.63, 3.8) is 0 Å². The Hall–Kier alpha value is -12.3. The van der Waals surface area contributed by atoms with Gasteiger partial charge in [-0.1, -0.05) is 444 Å². The Kier molecular flexibility index (Phi) is 36.8. The minimum Gasteiger partial charge on any atom is -0.308 e. The molecule has 684 valence electrons. The van der Waals surface area contributed by atoms with Gasteiger partial charge < -0.3 is 13.7 Å². The van der Waals surface area contributed by atoms with E-state index < -0.39 is 0 Å². The molecule has 0 saturated heterocycles. The number of rotatable bonds is 0. The third-order valence-corrected chi connectivity index (χ3v) is 25.4. The Labute approximate surface area is 796 Å². The molecule has 3 nitrogen and oxygen atoms in total. The summed E-state index contributed by atoms with van der Waals surface area (Å²) in [5, 5.41) is 8.32. The van der Waals surface area contributed by atoms with Crippen molar-refractivity contribution >= 4 is 65.4 Å². The molecular formula is C129H153N3. The van der Waals surface area contributed by atoms with Gasteiger partial charge >= 0.3 is 0 Å². The monoisotopic (exact) mass is 1740 g/mol. The number of nitrogens with zero attached hydrogens (tertiary/aromatic N) is 3. The number of para-hydroxylation sites is 6. The van der Waals surface area contributed by atoms with Crippen LogP contribution < -0.4 is 0 Å². The second-order valence-electron chi connectivity index (χ2n) is 30.3. The van der Waals surface area contributed by atoms with Gasteiger partial charge in [0.25, 0.3) is 0 Å². The van der Waals surface area contributed by atoms with Gasteiger partial charge in [-0.25, -0.2) is 0 Å². The SMILES string of the molecule is CC.CC.CC.CC.CC.CC.CC.CC.CC.CC.CC.CC.CC.CC.CC.c1ccc2c(c1)Cc1c-2ccc2c1Cc1c-2ccc2c3cccc4c3n(c12)-c1ccccc1C4.c1ccc2c(c1)Cc1cc3c(cc1-2)-c1ccc2c4cccc5c4n(c2c1C3)-c1ccccc1C5.c1ccc2c(c1)Cc1cc3c(cc1-2)Cc1c-3ccc2c3cccc4c3n(c12)-c1ccccc1C4. The van der Waals surface area contributed by atoms with Gasteiger partial charge in [0.15, 0.2) is 0 Å². The molecule has 0 saturated carbocycles. The molecule has 18 aromatic rings. The summed E-state index contributed by atoms with van der Waals surface area (Å²) in [4.78, 5) is 0. The lowest BCUT2D eigenvalue weighted by atomic mass is 9.96. The molecule has 0 amide bonds. The molecule has 0 atom stereocenters. The Bertz CT molecular complexity index is 6950. The molecule has 3 aliphatic heterocycles. The quantitative estimate of drug-likeness (QED) is 0.144. The summed E-state index contributed by atoms with van der Waals surface area (Å²) in [6.45, 7) is 60.0. The maximum atomic E-state index is 2.58. The minimum absolute atomic E-state index is 1.01. The molecule has 27 rings (SSSR count). The number of hydrogen-bond donors (Lipinski definition) is 0. The molecule has 0 radical (unpaired) electrons. The van der Waals surface area contributed by atoms with E-state index in [0.717, 1.165) is 57.8 Å². The van der Waals surface area contributed by atoms with Gasteiger partial charge in [-0.05, 0) is 223 Å². The number of hydrogen-bond acceptors (Lipinski definition) is 0. The summed E-state index contributed by atoms with van der Waals surface area (Å²) < 4.78 is 7.73. The van der Waals surface area contributed by atoms with Crippen molar-refractivity contribution in [1.29, 1.82) is 0 Å². The van der Waals surface area contributed by atoms with Crippen LogP contribution in [0.1, 0.15) is 308 Å². The summed E-state index contributed by atoms with van der Waals surface area (Å²) in [6.07, 6.45) is 9.24. The number of benzene rings is 15. The van der Waals surface area contributed by atoms with E-state index in [-0.39, 0.29) is 0 Å². The molecule has 0 fully saturated rings. The van der Waals surface area contributed by atoms with E-state index in [4.69, 9.17) is 0 Å². The highest BCUT2D eigenvalue weighted by molar-refractivity contribution is 6.17. The smallest absolute Gasteiger partial charge is 0.0582 e. The highest BCUT2D eigenvalue weighted by Gasteiger charge is 2.36. The van der Waals surface area contributed by atoms with Crippen LogP contribution in [-0.2, 0) is 57.8 Å². The van der Waals surface area contributed by atoms with E-state index >= 15 is 0 Å². The summed E-state index contributed by atoms with van der Waals surface area (Å²) in [7, 11) is 0. The predicted octanol–water partition coefficient (Wildman–Crippen LogP) is 38.9. The topological polar surface area (TPSA) is 14.8 Å². The van der Waals surface area contributed by atoms with Crippen molar-refractivity contribution in [2.24, 2.45) is 0 Å². The highest BCUT2D eigenvalue weighted by Crippen LogP contribution is 2.55. The van der Waals surface area contributed by atoms with Crippen LogP contribution in [0.25, 0.3) is 149 Å². The fourth-order valence-corrected chi connectivity index (χ4v) is 21.1. The zero-order valence-electron chi connectivity index (χ0n) is 86.2. The molecule has 6 heterocycles. The first-order chi connectivity index (χ1) is 65.6. The highest BCUT2D eigenvalue weighted by atomic mass is 15.0. The molecule has 15 aromatic carbocycles. The fraction of sp³-hybridized carbons (Fsp3) is 0.302. The molecule has 3 aromatic heterocycles. The second-order valence-corrected chi connectivity index (χ2v) is 30.3. The predicted molar refractivity (Wildman–Crippen MR) is 590 cm³/mol. The van der Waals surface area contributed by atoms with Gasteiger partial charge in [0, 0.05) is 87.9 Å². The maximum Gasteiger partial charge on any atom is 0.0582 e. The first-order valence-corrected chi connectivity index (χ1v) is 51.8. The van der Waals surface area contributed by atoms with Crippen LogP contribution in [0.3, 0.4) is 0 Å². The van der Waals surface area contributed by atoms with Crippen LogP contribution in [0.5, 0.6) is 0 Å². The molecule has 0 unspecified atom stereocenters. The third kappa shape index (κ3) is 17.4. The Morgan fingerprint density at radius 2 is 0.341 bits per heavy atom. The van der Waals surface area contributed by atoms with Crippen molar-refractivity contribution < 1.29 is 0 Å². The zero-order chi connectivity index (χ0) is 95.9. The molecular weight excluding hydrogens is 1590 g/mol. The second kappa shape index (κ2) is 47.7.